The largest absolute Gasteiger partial charge is 0.491 e. The van der Waals surface area contributed by atoms with Crippen molar-refractivity contribution in [3.8, 4) is 5.75 Å². The quantitative estimate of drug-likeness (QED) is 0.790. The van der Waals surface area contributed by atoms with E-state index in [2.05, 4.69) is 4.74 Å². The summed E-state index contributed by atoms with van der Waals surface area (Å²) in [7, 11) is 1.24. The highest BCUT2D eigenvalue weighted by Gasteiger charge is 2.18. The van der Waals surface area contributed by atoms with Crippen LogP contribution in [0.15, 0.2) is 24.3 Å². The number of esters is 1. The van der Waals surface area contributed by atoms with Crippen LogP contribution in [0, 0.1) is 0 Å². The lowest BCUT2D eigenvalue weighted by molar-refractivity contribution is -0.150. The van der Waals surface area contributed by atoms with Crippen LogP contribution in [-0.4, -0.2) is 24.3 Å². The number of benzene rings is 1. The van der Waals surface area contributed by atoms with Crippen molar-refractivity contribution in [3.05, 3.63) is 29.8 Å². The van der Waals surface area contributed by atoms with Gasteiger partial charge in [-0.25, -0.2) is 4.79 Å². The summed E-state index contributed by atoms with van der Waals surface area (Å²) in [6.07, 6.45) is -1.22. The Morgan fingerprint density at radius 2 is 2.06 bits per heavy atom. The summed E-state index contributed by atoms with van der Waals surface area (Å²) in [5.74, 6) is -0.0582. The minimum atomic E-state index is -1.26. The molecule has 16 heavy (non-hydrogen) atoms. The molecule has 0 fully saturated rings. The van der Waals surface area contributed by atoms with E-state index in [1.54, 1.807) is 24.3 Å². The first-order valence-electron chi connectivity index (χ1n) is 5.07. The molecule has 0 radical (unpaired) electrons. The second-order valence-corrected chi connectivity index (χ2v) is 3.66. The van der Waals surface area contributed by atoms with Gasteiger partial charge in [0.25, 0.3) is 0 Å². The first-order chi connectivity index (χ1) is 7.54. The number of ether oxygens (including phenoxy) is 2. The van der Waals surface area contributed by atoms with E-state index in [-0.39, 0.29) is 6.10 Å². The SMILES string of the molecule is COC(=O)C(O)c1cccc(OC(C)C)c1. The second-order valence-electron chi connectivity index (χ2n) is 3.66. The third-order valence-corrected chi connectivity index (χ3v) is 1.97. The fourth-order valence-electron chi connectivity index (χ4n) is 1.28. The van der Waals surface area contributed by atoms with Gasteiger partial charge in [0.15, 0.2) is 6.10 Å². The van der Waals surface area contributed by atoms with E-state index < -0.39 is 12.1 Å². The topological polar surface area (TPSA) is 55.8 Å². The van der Waals surface area contributed by atoms with Gasteiger partial charge in [-0.2, -0.15) is 0 Å². The summed E-state index contributed by atoms with van der Waals surface area (Å²) in [6.45, 7) is 3.81. The van der Waals surface area contributed by atoms with Crippen LogP contribution in [0.1, 0.15) is 25.5 Å². The van der Waals surface area contributed by atoms with Crippen molar-refractivity contribution >= 4 is 5.97 Å². The first kappa shape index (κ1) is 12.5. The zero-order valence-electron chi connectivity index (χ0n) is 9.64. The molecule has 1 aromatic carbocycles. The lowest BCUT2D eigenvalue weighted by atomic mass is 10.1. The monoisotopic (exact) mass is 224 g/mol. The Hall–Kier alpha value is -1.55. The molecular weight excluding hydrogens is 208 g/mol. The number of carbonyl (C=O) groups is 1. The molecule has 1 unspecified atom stereocenters. The minimum Gasteiger partial charge on any atom is -0.491 e. The summed E-state index contributed by atoms with van der Waals surface area (Å²) in [5, 5.41) is 9.62. The van der Waals surface area contributed by atoms with Gasteiger partial charge in [0.1, 0.15) is 5.75 Å². The molecule has 0 amide bonds. The van der Waals surface area contributed by atoms with Crippen LogP contribution in [0.3, 0.4) is 0 Å². The standard InChI is InChI=1S/C12H16O4/c1-8(2)16-10-6-4-5-9(7-10)11(13)12(14)15-3/h4-8,11,13H,1-3H3. The average Bonchev–Trinajstić information content (AvgIpc) is 2.26. The molecule has 88 valence electrons. The van der Waals surface area contributed by atoms with E-state index >= 15 is 0 Å². The van der Waals surface area contributed by atoms with Gasteiger partial charge in [0.05, 0.1) is 13.2 Å². The van der Waals surface area contributed by atoms with E-state index in [0.717, 1.165) is 0 Å². The van der Waals surface area contributed by atoms with Gasteiger partial charge in [0, 0.05) is 0 Å². The third-order valence-electron chi connectivity index (χ3n) is 1.97. The second kappa shape index (κ2) is 5.51. The fraction of sp³-hybridized carbons (Fsp3) is 0.417. The highest BCUT2D eigenvalue weighted by atomic mass is 16.5. The number of rotatable bonds is 4. The zero-order chi connectivity index (χ0) is 12.1. The molecule has 0 heterocycles. The highest BCUT2D eigenvalue weighted by Crippen LogP contribution is 2.20. The van der Waals surface area contributed by atoms with Gasteiger partial charge < -0.3 is 14.6 Å². The lowest BCUT2D eigenvalue weighted by Gasteiger charge is -2.13. The summed E-state index contributed by atoms with van der Waals surface area (Å²) in [4.78, 5) is 11.1. The summed E-state index contributed by atoms with van der Waals surface area (Å²) >= 11 is 0. The van der Waals surface area contributed by atoms with Crippen molar-refractivity contribution in [2.24, 2.45) is 0 Å². The molecule has 1 aromatic rings. The molecule has 0 saturated carbocycles. The van der Waals surface area contributed by atoms with Crippen LogP contribution < -0.4 is 4.74 Å². The van der Waals surface area contributed by atoms with Gasteiger partial charge in [-0.1, -0.05) is 12.1 Å². The molecule has 0 aliphatic carbocycles. The number of methoxy groups -OCH3 is 1. The molecule has 0 aromatic heterocycles. The molecule has 0 aliphatic rings. The number of hydrogen-bond donors (Lipinski definition) is 1. The van der Waals surface area contributed by atoms with Gasteiger partial charge in [-0.05, 0) is 31.5 Å². The van der Waals surface area contributed by atoms with Crippen LogP contribution in [0.2, 0.25) is 0 Å². The van der Waals surface area contributed by atoms with E-state index in [1.807, 2.05) is 13.8 Å². The third kappa shape index (κ3) is 3.24. The molecule has 1 atom stereocenters. The lowest BCUT2D eigenvalue weighted by Crippen LogP contribution is -2.13. The normalized spacial score (nSPS) is 12.3. The summed E-state index contributed by atoms with van der Waals surface area (Å²) in [5.41, 5.74) is 0.463. The van der Waals surface area contributed by atoms with Crippen molar-refractivity contribution in [2.45, 2.75) is 26.1 Å². The van der Waals surface area contributed by atoms with Crippen LogP contribution in [0.25, 0.3) is 0 Å². The Morgan fingerprint density at radius 3 is 2.62 bits per heavy atom. The van der Waals surface area contributed by atoms with E-state index in [4.69, 9.17) is 4.74 Å². The number of aliphatic hydroxyl groups is 1. The molecule has 0 spiro atoms. The maximum absolute atomic E-state index is 11.1. The Kier molecular flexibility index (Phi) is 4.31. The summed E-state index contributed by atoms with van der Waals surface area (Å²) < 4.78 is 9.91. The Labute approximate surface area is 94.8 Å². The molecule has 4 nitrogen and oxygen atoms in total. The van der Waals surface area contributed by atoms with Gasteiger partial charge in [-0.15, -0.1) is 0 Å². The Balaban J connectivity index is 2.85. The van der Waals surface area contributed by atoms with E-state index in [0.29, 0.717) is 11.3 Å². The van der Waals surface area contributed by atoms with Crippen molar-refractivity contribution in [1.29, 1.82) is 0 Å². The Morgan fingerprint density at radius 1 is 1.38 bits per heavy atom. The van der Waals surface area contributed by atoms with Gasteiger partial charge in [0.2, 0.25) is 0 Å². The fourth-order valence-corrected chi connectivity index (χ4v) is 1.28. The highest BCUT2D eigenvalue weighted by molar-refractivity contribution is 5.76. The number of aliphatic hydroxyl groups excluding tert-OH is 1. The molecule has 0 aliphatic heterocycles. The molecule has 0 bridgehead atoms. The smallest absolute Gasteiger partial charge is 0.339 e. The van der Waals surface area contributed by atoms with Crippen LogP contribution >= 0.6 is 0 Å². The van der Waals surface area contributed by atoms with Gasteiger partial charge >= 0.3 is 5.97 Å². The summed E-state index contributed by atoms with van der Waals surface area (Å²) in [6, 6.07) is 6.77. The van der Waals surface area contributed by atoms with E-state index in [9.17, 15) is 9.90 Å². The number of carbonyl (C=O) groups excluding carboxylic acids is 1. The van der Waals surface area contributed by atoms with Crippen molar-refractivity contribution in [2.75, 3.05) is 7.11 Å². The predicted molar refractivity (Wildman–Crippen MR) is 59.2 cm³/mol. The van der Waals surface area contributed by atoms with Crippen LogP contribution in [0.5, 0.6) is 5.75 Å². The molecule has 1 N–H and O–H groups in total. The molecule has 1 rings (SSSR count). The maximum atomic E-state index is 11.1. The van der Waals surface area contributed by atoms with Crippen molar-refractivity contribution in [1.82, 2.24) is 0 Å². The average molecular weight is 224 g/mol. The zero-order valence-corrected chi connectivity index (χ0v) is 9.64. The first-order valence-corrected chi connectivity index (χ1v) is 5.07. The van der Waals surface area contributed by atoms with Crippen molar-refractivity contribution in [3.63, 3.8) is 0 Å². The molecule has 4 heteroatoms. The minimum absolute atomic E-state index is 0.0468. The van der Waals surface area contributed by atoms with Crippen LogP contribution in [-0.2, 0) is 9.53 Å². The Bertz CT molecular complexity index is 360. The predicted octanol–water partition coefficient (Wildman–Crippen LogP) is 1.68. The van der Waals surface area contributed by atoms with Gasteiger partial charge in [-0.3, -0.25) is 0 Å². The van der Waals surface area contributed by atoms with Crippen LogP contribution in [0.4, 0.5) is 0 Å². The van der Waals surface area contributed by atoms with E-state index in [1.165, 1.54) is 7.11 Å². The molecule has 0 saturated heterocycles. The maximum Gasteiger partial charge on any atom is 0.339 e. The molecular formula is C12H16O4. The number of hydrogen-bond acceptors (Lipinski definition) is 4. The van der Waals surface area contributed by atoms with Crippen molar-refractivity contribution < 1.29 is 19.4 Å².